The third kappa shape index (κ3) is 10.5. The van der Waals surface area contributed by atoms with Gasteiger partial charge in [-0.15, -0.1) is 0 Å². The van der Waals surface area contributed by atoms with Gasteiger partial charge in [0.1, 0.15) is 0 Å². The van der Waals surface area contributed by atoms with Crippen molar-refractivity contribution in [1.82, 2.24) is 0 Å². The van der Waals surface area contributed by atoms with Crippen molar-refractivity contribution in [2.75, 3.05) is 36.0 Å². The predicted octanol–water partition coefficient (Wildman–Crippen LogP) is 10.6. The normalized spacial score (nSPS) is 11.1. The van der Waals surface area contributed by atoms with E-state index >= 15 is 0 Å². The third-order valence-corrected chi connectivity index (χ3v) is 8.02. The Labute approximate surface area is 266 Å². The molecule has 0 bridgehead atoms. The fourth-order valence-electron chi connectivity index (χ4n) is 5.20. The minimum atomic E-state index is 0.555. The molecule has 0 aliphatic carbocycles. The van der Waals surface area contributed by atoms with E-state index in [2.05, 4.69) is 98.2 Å². The maximum absolute atomic E-state index is 9.93. The molecule has 44 heavy (non-hydrogen) atoms. The number of rotatable bonds is 18. The molecule has 0 unspecified atom stereocenters. The lowest BCUT2D eigenvalue weighted by Crippen LogP contribution is -2.25. The molecule has 3 aromatic carbocycles. The molecular weight excluding hydrogens is 536 g/mol. The smallest absolute Gasteiger partial charge is 0.0998 e. The van der Waals surface area contributed by atoms with Gasteiger partial charge in [-0.3, -0.25) is 0 Å². The summed E-state index contributed by atoms with van der Waals surface area (Å²) in [6.45, 7) is 13.3. The SMILES string of the molecule is CCCCN(CCCC)c1ccc(/C=C/c2cc(C#N)c(/C=C/c3ccc(N(CCCC)CCCC)cc3)cc2C#N)cc1. The van der Waals surface area contributed by atoms with Crippen LogP contribution in [-0.4, -0.2) is 26.2 Å². The fraction of sp³-hybridized carbons (Fsp3) is 0.400. The Morgan fingerprint density at radius 3 is 1.09 bits per heavy atom. The highest BCUT2D eigenvalue weighted by atomic mass is 15.1. The summed E-state index contributed by atoms with van der Waals surface area (Å²) in [7, 11) is 0. The largest absolute Gasteiger partial charge is 0.372 e. The van der Waals surface area contributed by atoms with Crippen LogP contribution in [0.25, 0.3) is 24.3 Å². The van der Waals surface area contributed by atoms with Gasteiger partial charge in [0.2, 0.25) is 0 Å². The van der Waals surface area contributed by atoms with Crippen LogP contribution in [-0.2, 0) is 0 Å². The highest BCUT2D eigenvalue weighted by Gasteiger charge is 2.09. The van der Waals surface area contributed by atoms with E-state index in [-0.39, 0.29) is 0 Å². The molecule has 0 fully saturated rings. The molecule has 3 aromatic rings. The number of hydrogen-bond donors (Lipinski definition) is 0. The molecule has 0 radical (unpaired) electrons. The van der Waals surface area contributed by atoms with E-state index in [1.807, 2.05) is 36.4 Å². The van der Waals surface area contributed by atoms with Crippen LogP contribution in [0.2, 0.25) is 0 Å². The molecular formula is C40H50N4. The second-order valence-electron chi connectivity index (χ2n) is 11.5. The summed E-state index contributed by atoms with van der Waals surface area (Å²) in [5, 5.41) is 19.9. The maximum Gasteiger partial charge on any atom is 0.0998 e. The van der Waals surface area contributed by atoms with Crippen LogP contribution in [0.15, 0.2) is 60.7 Å². The highest BCUT2D eigenvalue weighted by Crippen LogP contribution is 2.24. The molecule has 3 rings (SSSR count). The van der Waals surface area contributed by atoms with Crippen LogP contribution >= 0.6 is 0 Å². The summed E-state index contributed by atoms with van der Waals surface area (Å²) in [6.07, 6.45) is 17.4. The number of nitrogens with zero attached hydrogens (tertiary/aromatic N) is 4. The topological polar surface area (TPSA) is 54.1 Å². The van der Waals surface area contributed by atoms with E-state index in [0.717, 1.165) is 48.4 Å². The zero-order valence-corrected chi connectivity index (χ0v) is 27.4. The summed E-state index contributed by atoms with van der Waals surface area (Å²) >= 11 is 0. The fourth-order valence-corrected chi connectivity index (χ4v) is 5.20. The number of benzene rings is 3. The lowest BCUT2D eigenvalue weighted by molar-refractivity contribution is 0.678. The molecule has 0 aliphatic heterocycles. The molecule has 0 atom stereocenters. The molecule has 0 aromatic heterocycles. The summed E-state index contributed by atoms with van der Waals surface area (Å²) in [5.41, 5.74) is 7.26. The molecule has 0 saturated heterocycles. The molecule has 4 heteroatoms. The Bertz CT molecular complexity index is 1290. The van der Waals surface area contributed by atoms with Gasteiger partial charge in [0.05, 0.1) is 23.3 Å². The first-order valence-electron chi connectivity index (χ1n) is 16.6. The third-order valence-electron chi connectivity index (χ3n) is 8.02. The maximum atomic E-state index is 9.93. The van der Waals surface area contributed by atoms with Gasteiger partial charge in [0.15, 0.2) is 0 Å². The molecule has 4 nitrogen and oxygen atoms in total. The van der Waals surface area contributed by atoms with Gasteiger partial charge in [-0.05, 0) is 84.3 Å². The molecule has 0 spiro atoms. The lowest BCUT2D eigenvalue weighted by Gasteiger charge is -2.24. The van der Waals surface area contributed by atoms with Crippen LogP contribution in [0.3, 0.4) is 0 Å². The van der Waals surface area contributed by atoms with Crippen molar-refractivity contribution >= 4 is 35.7 Å². The monoisotopic (exact) mass is 586 g/mol. The number of nitriles is 2. The van der Waals surface area contributed by atoms with E-state index in [0.29, 0.717) is 11.1 Å². The van der Waals surface area contributed by atoms with Gasteiger partial charge in [-0.2, -0.15) is 10.5 Å². The van der Waals surface area contributed by atoms with Crippen LogP contribution in [0.4, 0.5) is 11.4 Å². The van der Waals surface area contributed by atoms with Crippen molar-refractivity contribution in [2.45, 2.75) is 79.1 Å². The van der Waals surface area contributed by atoms with E-state index < -0.39 is 0 Å². The van der Waals surface area contributed by atoms with E-state index in [4.69, 9.17) is 0 Å². The Hall–Kier alpha value is -4.28. The van der Waals surface area contributed by atoms with Crippen LogP contribution in [0, 0.1) is 22.7 Å². The lowest BCUT2D eigenvalue weighted by atomic mass is 9.97. The summed E-state index contributed by atoms with van der Waals surface area (Å²) in [4.78, 5) is 4.95. The van der Waals surface area contributed by atoms with Gasteiger partial charge in [0.25, 0.3) is 0 Å². The van der Waals surface area contributed by atoms with Crippen LogP contribution in [0.5, 0.6) is 0 Å². The summed E-state index contributed by atoms with van der Waals surface area (Å²) < 4.78 is 0. The van der Waals surface area contributed by atoms with E-state index in [1.54, 1.807) is 0 Å². The van der Waals surface area contributed by atoms with Crippen molar-refractivity contribution in [3.63, 3.8) is 0 Å². The molecule has 0 aliphatic rings. The van der Waals surface area contributed by atoms with Gasteiger partial charge in [-0.25, -0.2) is 0 Å². The average molecular weight is 587 g/mol. The number of unbranched alkanes of at least 4 members (excludes halogenated alkanes) is 4. The molecule has 0 amide bonds. The van der Waals surface area contributed by atoms with Crippen LogP contribution in [0.1, 0.15) is 112 Å². The summed E-state index contributed by atoms with van der Waals surface area (Å²) in [6, 6.07) is 25.6. The van der Waals surface area contributed by atoms with Gasteiger partial charge in [-0.1, -0.05) is 102 Å². The van der Waals surface area contributed by atoms with Crippen molar-refractivity contribution in [1.29, 1.82) is 10.5 Å². The Morgan fingerprint density at radius 1 is 0.500 bits per heavy atom. The van der Waals surface area contributed by atoms with Crippen molar-refractivity contribution < 1.29 is 0 Å². The quantitative estimate of drug-likeness (QED) is 0.139. The van der Waals surface area contributed by atoms with Crippen molar-refractivity contribution in [2.24, 2.45) is 0 Å². The second kappa shape index (κ2) is 19.1. The highest BCUT2D eigenvalue weighted by molar-refractivity contribution is 5.79. The second-order valence-corrected chi connectivity index (χ2v) is 11.5. The van der Waals surface area contributed by atoms with Crippen molar-refractivity contribution in [3.8, 4) is 12.1 Å². The number of hydrogen-bond acceptors (Lipinski definition) is 4. The first-order chi connectivity index (χ1) is 21.6. The summed E-state index contributed by atoms with van der Waals surface area (Å²) in [5.74, 6) is 0. The Morgan fingerprint density at radius 2 is 0.818 bits per heavy atom. The molecule has 0 N–H and O–H groups in total. The first-order valence-corrected chi connectivity index (χ1v) is 16.6. The van der Waals surface area contributed by atoms with Gasteiger partial charge < -0.3 is 9.80 Å². The average Bonchev–Trinajstić information content (AvgIpc) is 3.07. The Kier molecular flexibility index (Phi) is 14.8. The zero-order chi connectivity index (χ0) is 31.6. The zero-order valence-electron chi connectivity index (χ0n) is 27.4. The Balaban J connectivity index is 1.76. The predicted molar refractivity (Wildman–Crippen MR) is 191 cm³/mol. The number of anilines is 2. The first kappa shape index (κ1) is 34.2. The van der Waals surface area contributed by atoms with Gasteiger partial charge >= 0.3 is 0 Å². The van der Waals surface area contributed by atoms with E-state index in [9.17, 15) is 10.5 Å². The van der Waals surface area contributed by atoms with E-state index in [1.165, 1.54) is 62.7 Å². The minimum absolute atomic E-state index is 0.555. The molecule has 0 saturated carbocycles. The van der Waals surface area contributed by atoms with Crippen molar-refractivity contribution in [3.05, 3.63) is 94.0 Å². The molecule has 230 valence electrons. The minimum Gasteiger partial charge on any atom is -0.372 e. The van der Waals surface area contributed by atoms with Gasteiger partial charge in [0, 0.05) is 37.6 Å². The standard InChI is InChI=1S/C40H50N4/c1-5-9-25-43(26-10-6-2)39-21-15-33(16-22-39)13-19-35-29-38(32-42)36(30-37(35)31-41)20-14-34-17-23-40(24-18-34)44(27-11-7-3)28-12-8-4/h13-24,29-30H,5-12,25-28H2,1-4H3/b19-13+,20-14+. The molecule has 0 heterocycles. The van der Waals surface area contributed by atoms with Crippen LogP contribution < -0.4 is 9.80 Å².